The molecule has 0 unspecified atom stereocenters. The molecule has 2 N–H and O–H groups in total. The Kier molecular flexibility index (Phi) is 7.78. The molecule has 0 atom stereocenters. The molecule has 0 spiro atoms. The van der Waals surface area contributed by atoms with E-state index in [9.17, 15) is 9.18 Å². The van der Waals surface area contributed by atoms with Crippen LogP contribution >= 0.6 is 0 Å². The van der Waals surface area contributed by atoms with Crippen molar-refractivity contribution < 1.29 is 23.9 Å². The molecule has 3 rings (SSSR count). The van der Waals surface area contributed by atoms with Gasteiger partial charge in [0, 0.05) is 50.4 Å². The number of hydrogen-bond acceptors (Lipinski definition) is 6. The van der Waals surface area contributed by atoms with Crippen molar-refractivity contribution in [1.82, 2.24) is 15.3 Å². The number of hydrogen-bond donors (Lipinski definition) is 2. The van der Waals surface area contributed by atoms with Gasteiger partial charge in [-0.05, 0) is 49.5 Å². The lowest BCUT2D eigenvalue weighted by Crippen LogP contribution is -2.45. The monoisotopic (exact) mass is 415 g/mol. The van der Waals surface area contributed by atoms with E-state index >= 15 is 0 Å². The number of rotatable bonds is 8. The van der Waals surface area contributed by atoms with Crippen molar-refractivity contribution >= 4 is 12.0 Å². The van der Waals surface area contributed by atoms with Crippen molar-refractivity contribution in [2.45, 2.75) is 0 Å². The maximum atomic E-state index is 13.2. The van der Waals surface area contributed by atoms with E-state index in [1.54, 1.807) is 23.7 Å². The summed E-state index contributed by atoms with van der Waals surface area (Å²) in [7, 11) is 2.12. The molecule has 0 aromatic heterocycles. The van der Waals surface area contributed by atoms with Gasteiger partial charge in [0.2, 0.25) is 0 Å². The fourth-order valence-electron chi connectivity index (χ4n) is 3.03. The van der Waals surface area contributed by atoms with Gasteiger partial charge in [0.05, 0.1) is 0 Å². The van der Waals surface area contributed by atoms with Crippen molar-refractivity contribution in [2.24, 2.45) is 0 Å². The number of halogens is 1. The Labute approximate surface area is 175 Å². The molecule has 7 nitrogen and oxygen atoms in total. The van der Waals surface area contributed by atoms with Crippen LogP contribution < -0.4 is 15.0 Å². The molecule has 1 aliphatic rings. The van der Waals surface area contributed by atoms with Gasteiger partial charge in [-0.3, -0.25) is 14.9 Å². The van der Waals surface area contributed by atoms with Crippen LogP contribution in [0.15, 0.2) is 48.5 Å². The maximum Gasteiger partial charge on any atom is 0.267 e. The van der Waals surface area contributed by atoms with Gasteiger partial charge in [-0.2, -0.15) is 0 Å². The molecule has 1 aliphatic heterocycles. The van der Waals surface area contributed by atoms with E-state index in [1.165, 1.54) is 36.4 Å². The van der Waals surface area contributed by atoms with E-state index < -0.39 is 5.91 Å². The molecular weight excluding hydrogens is 389 g/mol. The second kappa shape index (κ2) is 10.7. The van der Waals surface area contributed by atoms with Crippen LogP contribution in [0.25, 0.3) is 6.08 Å². The van der Waals surface area contributed by atoms with Gasteiger partial charge in [-0.15, -0.1) is 0 Å². The van der Waals surface area contributed by atoms with E-state index in [0.29, 0.717) is 29.4 Å². The summed E-state index contributed by atoms with van der Waals surface area (Å²) >= 11 is 0. The molecule has 1 amide bonds. The Balaban J connectivity index is 1.68. The van der Waals surface area contributed by atoms with E-state index in [-0.39, 0.29) is 5.82 Å². The summed E-state index contributed by atoms with van der Waals surface area (Å²) in [5.74, 6) is 0.510. The van der Waals surface area contributed by atoms with Crippen molar-refractivity contribution in [2.75, 3.05) is 46.4 Å². The van der Waals surface area contributed by atoms with Crippen LogP contribution in [-0.4, -0.2) is 67.3 Å². The fourth-order valence-corrected chi connectivity index (χ4v) is 3.03. The van der Waals surface area contributed by atoms with Gasteiger partial charge in [0.25, 0.3) is 5.91 Å². The second-order valence-electron chi connectivity index (χ2n) is 7.06. The molecule has 1 saturated heterocycles. The lowest BCUT2D eigenvalue weighted by atomic mass is 10.1. The molecule has 160 valence electrons. The summed E-state index contributed by atoms with van der Waals surface area (Å²) in [5.41, 5.74) is 2.15. The first-order valence-electron chi connectivity index (χ1n) is 9.77. The number of benzene rings is 2. The predicted octanol–water partition coefficient (Wildman–Crippen LogP) is 2.76. The summed E-state index contributed by atoms with van der Waals surface area (Å²) in [4.78, 5) is 16.0. The lowest BCUT2D eigenvalue weighted by molar-refractivity contribution is -0.124. The van der Waals surface area contributed by atoms with Crippen LogP contribution in [0, 0.1) is 5.82 Å². The topological polar surface area (TPSA) is 74.3 Å². The average Bonchev–Trinajstić information content (AvgIpc) is 2.76. The Morgan fingerprint density at radius 2 is 1.83 bits per heavy atom. The zero-order valence-electron chi connectivity index (χ0n) is 16.9. The Bertz CT molecular complexity index is 865. The number of nitrogens with one attached hydrogen (secondary N) is 1. The molecule has 0 radical (unpaired) electrons. The highest BCUT2D eigenvalue weighted by molar-refractivity contribution is 5.91. The van der Waals surface area contributed by atoms with Crippen LogP contribution in [0.1, 0.15) is 5.56 Å². The fraction of sp³-hybridized carbons (Fsp3) is 0.318. The van der Waals surface area contributed by atoms with E-state index in [0.717, 1.165) is 32.7 Å². The van der Waals surface area contributed by atoms with E-state index in [1.807, 2.05) is 0 Å². The van der Waals surface area contributed by atoms with Crippen LogP contribution in [0.5, 0.6) is 17.2 Å². The van der Waals surface area contributed by atoms with Crippen LogP contribution in [-0.2, 0) is 4.79 Å². The highest BCUT2D eigenvalue weighted by Crippen LogP contribution is 2.30. The van der Waals surface area contributed by atoms with Gasteiger partial charge in [0.15, 0.2) is 0 Å². The largest absolute Gasteiger partial charge is 0.492 e. The first kappa shape index (κ1) is 21.8. The van der Waals surface area contributed by atoms with Gasteiger partial charge in [-0.25, -0.2) is 9.87 Å². The average molecular weight is 415 g/mol. The molecule has 2 aromatic rings. The second-order valence-corrected chi connectivity index (χ2v) is 7.06. The number of carbonyl (C=O) groups is 1. The van der Waals surface area contributed by atoms with Crippen molar-refractivity contribution in [3.63, 3.8) is 0 Å². The minimum absolute atomic E-state index is 0.358. The molecule has 30 heavy (non-hydrogen) atoms. The Morgan fingerprint density at radius 1 is 1.13 bits per heavy atom. The number of carbonyl (C=O) groups excluding carboxylic acids is 1. The number of ether oxygens (including phenoxy) is 2. The molecular formula is C22H26FN3O4. The number of likely N-dealkylation sites (N-methyl/N-ethyl adjacent to an activating group) is 1. The standard InChI is InChI=1S/C22H26FN3O4/c1-25-10-12-26(13-11-25)14-15-29-20-6-2-17(3-9-22(27)24-28)21(16-20)30-19-7-4-18(23)5-8-19/h2-9,16,28H,10-15H2,1H3,(H,24,27). The molecule has 0 saturated carbocycles. The third-order valence-electron chi connectivity index (χ3n) is 4.82. The van der Waals surface area contributed by atoms with Crippen LogP contribution in [0.4, 0.5) is 4.39 Å². The highest BCUT2D eigenvalue weighted by atomic mass is 19.1. The summed E-state index contributed by atoms with van der Waals surface area (Å²) in [6.07, 6.45) is 2.69. The van der Waals surface area contributed by atoms with E-state index in [4.69, 9.17) is 14.7 Å². The highest BCUT2D eigenvalue weighted by Gasteiger charge is 2.13. The summed E-state index contributed by atoms with van der Waals surface area (Å²) in [6.45, 7) is 5.53. The maximum absolute atomic E-state index is 13.2. The quantitative estimate of drug-likeness (QED) is 0.392. The number of amides is 1. The summed E-state index contributed by atoms with van der Waals surface area (Å²) in [5, 5.41) is 8.66. The number of nitrogens with zero attached hydrogens (tertiary/aromatic N) is 2. The minimum atomic E-state index is -0.657. The molecule has 1 fully saturated rings. The van der Waals surface area contributed by atoms with Gasteiger partial charge in [0.1, 0.15) is 29.7 Å². The third kappa shape index (κ3) is 6.55. The third-order valence-corrected chi connectivity index (χ3v) is 4.82. The summed E-state index contributed by atoms with van der Waals surface area (Å²) in [6, 6.07) is 10.9. The van der Waals surface area contributed by atoms with Crippen molar-refractivity contribution in [3.8, 4) is 17.2 Å². The lowest BCUT2D eigenvalue weighted by Gasteiger charge is -2.32. The molecule has 1 heterocycles. The first-order valence-corrected chi connectivity index (χ1v) is 9.77. The van der Waals surface area contributed by atoms with Crippen LogP contribution in [0.2, 0.25) is 0 Å². The minimum Gasteiger partial charge on any atom is -0.492 e. The van der Waals surface area contributed by atoms with Gasteiger partial charge in [-0.1, -0.05) is 0 Å². The van der Waals surface area contributed by atoms with Gasteiger partial charge >= 0.3 is 0 Å². The zero-order valence-corrected chi connectivity index (χ0v) is 16.9. The molecule has 2 aromatic carbocycles. The van der Waals surface area contributed by atoms with Crippen molar-refractivity contribution in [3.05, 3.63) is 59.9 Å². The molecule has 0 aliphatic carbocycles. The van der Waals surface area contributed by atoms with Gasteiger partial charge < -0.3 is 14.4 Å². The zero-order chi connectivity index (χ0) is 21.3. The Morgan fingerprint density at radius 3 is 2.53 bits per heavy atom. The van der Waals surface area contributed by atoms with Crippen molar-refractivity contribution in [1.29, 1.82) is 0 Å². The number of hydroxylamine groups is 1. The molecule has 8 heteroatoms. The number of piperazine rings is 1. The smallest absolute Gasteiger partial charge is 0.267 e. The van der Waals surface area contributed by atoms with E-state index in [2.05, 4.69) is 16.8 Å². The predicted molar refractivity (Wildman–Crippen MR) is 111 cm³/mol. The van der Waals surface area contributed by atoms with Crippen LogP contribution in [0.3, 0.4) is 0 Å². The normalized spacial score (nSPS) is 15.3. The Hall–Kier alpha value is -2.94. The first-order chi connectivity index (χ1) is 14.5. The summed E-state index contributed by atoms with van der Waals surface area (Å²) < 4.78 is 24.9. The molecule has 0 bridgehead atoms. The SMILES string of the molecule is CN1CCN(CCOc2ccc(C=CC(=O)NO)c(Oc3ccc(F)cc3)c2)CC1.